The monoisotopic (exact) mass is 319 g/mol. The average Bonchev–Trinajstić information content (AvgIpc) is 2.70. The van der Waals surface area contributed by atoms with Crippen molar-refractivity contribution < 1.29 is 4.74 Å². The first kappa shape index (κ1) is 14.7. The van der Waals surface area contributed by atoms with Crippen LogP contribution in [0.25, 0.3) is 22.8 Å². The highest BCUT2D eigenvalue weighted by Gasteiger charge is 2.16. The lowest BCUT2D eigenvalue weighted by Crippen LogP contribution is -2.36. The van der Waals surface area contributed by atoms with Crippen LogP contribution in [0.2, 0.25) is 0 Å². The van der Waals surface area contributed by atoms with E-state index in [9.17, 15) is 0 Å². The quantitative estimate of drug-likeness (QED) is 0.739. The van der Waals surface area contributed by atoms with Gasteiger partial charge in [0, 0.05) is 43.3 Å². The average molecular weight is 319 g/mol. The largest absolute Gasteiger partial charge is 0.378 e. The van der Waals surface area contributed by atoms with E-state index < -0.39 is 0 Å². The zero-order chi connectivity index (χ0) is 16.2. The molecule has 1 saturated heterocycles. The fourth-order valence-electron chi connectivity index (χ4n) is 2.66. The lowest BCUT2D eigenvalue weighted by Gasteiger charge is -2.28. The van der Waals surface area contributed by atoms with Gasteiger partial charge in [-0.25, -0.2) is 9.97 Å². The summed E-state index contributed by atoms with van der Waals surface area (Å²) in [6, 6.07) is 11.7. The van der Waals surface area contributed by atoms with Crippen LogP contribution in [0.5, 0.6) is 0 Å². The van der Waals surface area contributed by atoms with Crippen LogP contribution in [0, 0.1) is 0 Å². The Kier molecular flexibility index (Phi) is 4.12. The van der Waals surface area contributed by atoms with Gasteiger partial charge < -0.3 is 9.64 Å². The summed E-state index contributed by atoms with van der Waals surface area (Å²) in [5.74, 6) is 1.56. The summed E-state index contributed by atoms with van der Waals surface area (Å²) in [5, 5.41) is 0. The van der Waals surface area contributed by atoms with E-state index >= 15 is 0 Å². The van der Waals surface area contributed by atoms with Gasteiger partial charge in [-0.05, 0) is 24.3 Å². The molecule has 0 amide bonds. The Morgan fingerprint density at radius 2 is 1.83 bits per heavy atom. The summed E-state index contributed by atoms with van der Waals surface area (Å²) >= 11 is 0. The van der Waals surface area contributed by atoms with Crippen LogP contribution in [0.4, 0.5) is 5.82 Å². The van der Waals surface area contributed by atoms with Crippen molar-refractivity contribution in [1.82, 2.24) is 19.9 Å². The van der Waals surface area contributed by atoms with Gasteiger partial charge in [-0.2, -0.15) is 0 Å². The fraction of sp³-hybridized carbons (Fsp3) is 0.222. The molecule has 0 N–H and O–H groups in total. The second kappa shape index (κ2) is 6.72. The van der Waals surface area contributed by atoms with Crippen LogP contribution in [-0.2, 0) is 4.74 Å². The summed E-state index contributed by atoms with van der Waals surface area (Å²) in [4.78, 5) is 20.3. The highest BCUT2D eigenvalue weighted by atomic mass is 16.5. The van der Waals surface area contributed by atoms with Gasteiger partial charge >= 0.3 is 0 Å². The highest BCUT2D eigenvalue weighted by molar-refractivity contribution is 5.65. The molecule has 0 spiro atoms. The Hall–Kier alpha value is -2.86. The Morgan fingerprint density at radius 1 is 0.917 bits per heavy atom. The Bertz CT molecular complexity index is 746. The number of anilines is 1. The maximum atomic E-state index is 5.44. The second-order valence-electron chi connectivity index (χ2n) is 5.49. The lowest BCUT2D eigenvalue weighted by molar-refractivity contribution is 0.122. The predicted octanol–water partition coefficient (Wildman–Crippen LogP) is 2.44. The van der Waals surface area contributed by atoms with Crippen molar-refractivity contribution >= 4 is 5.82 Å². The SMILES string of the molecule is c1ccc(-c2cc(N3CCOCC3)nc(-c3cccnc3)n2)nc1. The van der Waals surface area contributed by atoms with E-state index in [0.717, 1.165) is 35.9 Å². The van der Waals surface area contributed by atoms with Crippen LogP contribution < -0.4 is 4.90 Å². The van der Waals surface area contributed by atoms with Crippen LogP contribution in [0.1, 0.15) is 0 Å². The van der Waals surface area contributed by atoms with Gasteiger partial charge in [-0.15, -0.1) is 0 Å². The molecule has 0 aromatic carbocycles. The number of morpholine rings is 1. The molecule has 0 bridgehead atoms. The summed E-state index contributed by atoms with van der Waals surface area (Å²) in [6.45, 7) is 3.08. The van der Waals surface area contributed by atoms with E-state index in [1.165, 1.54) is 0 Å². The molecule has 3 aromatic heterocycles. The molecule has 1 aliphatic heterocycles. The summed E-state index contributed by atoms with van der Waals surface area (Å²) in [5.41, 5.74) is 2.54. The van der Waals surface area contributed by atoms with E-state index in [1.807, 2.05) is 36.4 Å². The molecule has 6 nitrogen and oxygen atoms in total. The molecule has 4 heterocycles. The third-order valence-corrected chi connectivity index (χ3v) is 3.89. The number of pyridine rings is 2. The first-order valence-corrected chi connectivity index (χ1v) is 7.94. The number of nitrogens with zero attached hydrogens (tertiary/aromatic N) is 5. The molecule has 0 saturated carbocycles. The van der Waals surface area contributed by atoms with Gasteiger partial charge in [0.15, 0.2) is 5.82 Å². The maximum absolute atomic E-state index is 5.44. The molecule has 120 valence electrons. The van der Waals surface area contributed by atoms with E-state index in [1.54, 1.807) is 18.6 Å². The highest BCUT2D eigenvalue weighted by Crippen LogP contribution is 2.25. The third-order valence-electron chi connectivity index (χ3n) is 3.89. The number of aromatic nitrogens is 4. The zero-order valence-corrected chi connectivity index (χ0v) is 13.2. The topological polar surface area (TPSA) is 64.0 Å². The molecule has 1 fully saturated rings. The van der Waals surface area contributed by atoms with E-state index in [2.05, 4.69) is 14.9 Å². The first-order chi connectivity index (χ1) is 11.9. The van der Waals surface area contributed by atoms with Gasteiger partial charge in [0.1, 0.15) is 5.82 Å². The molecule has 4 rings (SSSR count). The smallest absolute Gasteiger partial charge is 0.163 e. The van der Waals surface area contributed by atoms with Crippen molar-refractivity contribution in [3.05, 3.63) is 55.0 Å². The standard InChI is InChI=1S/C18H17N5O/c1-2-7-20-15(5-1)16-12-17(23-8-10-24-11-9-23)22-18(21-16)14-4-3-6-19-13-14/h1-7,12-13H,8-11H2. The number of hydrogen-bond acceptors (Lipinski definition) is 6. The van der Waals surface area contributed by atoms with Crippen molar-refractivity contribution in [2.75, 3.05) is 31.2 Å². The lowest BCUT2D eigenvalue weighted by atomic mass is 10.2. The van der Waals surface area contributed by atoms with Crippen molar-refractivity contribution in [3.8, 4) is 22.8 Å². The number of rotatable bonds is 3. The number of ether oxygens (including phenoxy) is 1. The van der Waals surface area contributed by atoms with Crippen LogP contribution in [0.3, 0.4) is 0 Å². The Labute approximate surface area is 140 Å². The Balaban J connectivity index is 1.81. The fourth-order valence-corrected chi connectivity index (χ4v) is 2.66. The summed E-state index contributed by atoms with van der Waals surface area (Å²) in [7, 11) is 0. The van der Waals surface area contributed by atoms with Gasteiger partial charge in [0.2, 0.25) is 0 Å². The van der Waals surface area contributed by atoms with Crippen molar-refractivity contribution in [2.24, 2.45) is 0 Å². The molecular weight excluding hydrogens is 302 g/mol. The molecule has 0 radical (unpaired) electrons. The maximum Gasteiger partial charge on any atom is 0.163 e. The van der Waals surface area contributed by atoms with E-state index in [-0.39, 0.29) is 0 Å². The normalized spacial score (nSPS) is 14.6. The minimum Gasteiger partial charge on any atom is -0.378 e. The van der Waals surface area contributed by atoms with Gasteiger partial charge in [-0.1, -0.05) is 6.07 Å². The minimum atomic E-state index is 0.660. The molecule has 24 heavy (non-hydrogen) atoms. The number of hydrogen-bond donors (Lipinski definition) is 0. The van der Waals surface area contributed by atoms with Crippen molar-refractivity contribution in [3.63, 3.8) is 0 Å². The van der Waals surface area contributed by atoms with Crippen LogP contribution in [0.15, 0.2) is 55.0 Å². The molecular formula is C18H17N5O. The third kappa shape index (κ3) is 3.09. The van der Waals surface area contributed by atoms with Gasteiger partial charge in [-0.3, -0.25) is 9.97 Å². The molecule has 6 heteroatoms. The van der Waals surface area contributed by atoms with Crippen LogP contribution >= 0.6 is 0 Å². The molecule has 0 atom stereocenters. The van der Waals surface area contributed by atoms with Crippen molar-refractivity contribution in [1.29, 1.82) is 0 Å². The van der Waals surface area contributed by atoms with Gasteiger partial charge in [0.25, 0.3) is 0 Å². The van der Waals surface area contributed by atoms with Crippen molar-refractivity contribution in [2.45, 2.75) is 0 Å². The summed E-state index contributed by atoms with van der Waals surface area (Å²) in [6.07, 6.45) is 5.30. The second-order valence-corrected chi connectivity index (χ2v) is 5.49. The molecule has 0 aliphatic carbocycles. The van der Waals surface area contributed by atoms with E-state index in [4.69, 9.17) is 14.7 Å². The zero-order valence-electron chi connectivity index (χ0n) is 13.2. The molecule has 0 unspecified atom stereocenters. The van der Waals surface area contributed by atoms with E-state index in [0.29, 0.717) is 19.0 Å². The Morgan fingerprint density at radius 3 is 2.58 bits per heavy atom. The molecule has 3 aromatic rings. The first-order valence-electron chi connectivity index (χ1n) is 7.94. The minimum absolute atomic E-state index is 0.660. The predicted molar refractivity (Wildman–Crippen MR) is 91.5 cm³/mol. The molecule has 1 aliphatic rings. The summed E-state index contributed by atoms with van der Waals surface area (Å²) < 4.78 is 5.44. The van der Waals surface area contributed by atoms with Crippen LogP contribution in [-0.4, -0.2) is 46.2 Å². The van der Waals surface area contributed by atoms with Gasteiger partial charge in [0.05, 0.1) is 24.6 Å².